The maximum Gasteiger partial charge on any atom is 0.254 e. The lowest BCUT2D eigenvalue weighted by molar-refractivity contribution is -0.125. The first-order chi connectivity index (χ1) is 15.5. The predicted molar refractivity (Wildman–Crippen MR) is 121 cm³/mol. The molecule has 1 N–H and O–H groups in total. The lowest BCUT2D eigenvalue weighted by Gasteiger charge is -2.40. The van der Waals surface area contributed by atoms with E-state index in [1.807, 2.05) is 12.1 Å². The van der Waals surface area contributed by atoms with Gasteiger partial charge in [0, 0.05) is 31.0 Å². The molecule has 2 atom stereocenters. The van der Waals surface area contributed by atoms with Gasteiger partial charge in [-0.1, -0.05) is 31.7 Å². The molecule has 1 aromatic carbocycles. The van der Waals surface area contributed by atoms with Crippen molar-refractivity contribution >= 4 is 11.8 Å². The lowest BCUT2D eigenvalue weighted by atomic mass is 9.79. The molecule has 1 aliphatic carbocycles. The third kappa shape index (κ3) is 4.16. The van der Waals surface area contributed by atoms with Crippen LogP contribution in [0.15, 0.2) is 36.7 Å². The molecule has 0 radical (unpaired) electrons. The molecule has 1 saturated carbocycles. The molecule has 2 aliphatic rings. The van der Waals surface area contributed by atoms with Gasteiger partial charge in [-0.2, -0.15) is 0 Å². The molecule has 1 aromatic heterocycles. The average Bonchev–Trinajstić information content (AvgIpc) is 3.09. The van der Waals surface area contributed by atoms with Gasteiger partial charge in [-0.3, -0.25) is 14.6 Å². The zero-order chi connectivity index (χ0) is 22.7. The fraction of sp³-hybridized carbons (Fsp3) is 0.480. The van der Waals surface area contributed by atoms with E-state index in [-0.39, 0.29) is 17.9 Å². The summed E-state index contributed by atoms with van der Waals surface area (Å²) in [5.41, 5.74) is 1.95. The molecule has 7 nitrogen and oxygen atoms in total. The van der Waals surface area contributed by atoms with Gasteiger partial charge in [0.05, 0.1) is 26.2 Å². The second-order valence-corrected chi connectivity index (χ2v) is 8.62. The van der Waals surface area contributed by atoms with Crippen molar-refractivity contribution in [2.75, 3.05) is 21.3 Å². The van der Waals surface area contributed by atoms with Gasteiger partial charge in [-0.05, 0) is 42.2 Å². The van der Waals surface area contributed by atoms with E-state index in [4.69, 9.17) is 9.47 Å². The summed E-state index contributed by atoms with van der Waals surface area (Å²) in [6, 6.07) is 6.90. The van der Waals surface area contributed by atoms with Crippen molar-refractivity contribution in [1.29, 1.82) is 0 Å². The van der Waals surface area contributed by atoms with Gasteiger partial charge in [-0.25, -0.2) is 0 Å². The highest BCUT2D eigenvalue weighted by molar-refractivity contribution is 6.02. The van der Waals surface area contributed by atoms with Crippen molar-refractivity contribution in [3.05, 3.63) is 53.3 Å². The zero-order valence-corrected chi connectivity index (χ0v) is 19.0. The summed E-state index contributed by atoms with van der Waals surface area (Å²) in [5.74, 6) is 0.156. The normalized spacial score (nSPS) is 21.5. The summed E-state index contributed by atoms with van der Waals surface area (Å²) in [4.78, 5) is 33.0. The second kappa shape index (κ2) is 9.59. The fourth-order valence-electron chi connectivity index (χ4n) is 5.01. The largest absolute Gasteiger partial charge is 0.493 e. The van der Waals surface area contributed by atoms with Crippen LogP contribution in [0.3, 0.4) is 0 Å². The van der Waals surface area contributed by atoms with Gasteiger partial charge in [0.2, 0.25) is 5.91 Å². The number of pyridine rings is 1. The molecule has 1 aliphatic heterocycles. The Morgan fingerprint density at radius 1 is 1.09 bits per heavy atom. The molecule has 2 amide bonds. The van der Waals surface area contributed by atoms with Gasteiger partial charge in [0.15, 0.2) is 11.5 Å². The second-order valence-electron chi connectivity index (χ2n) is 8.62. The third-order valence-electron chi connectivity index (χ3n) is 6.68. The van der Waals surface area contributed by atoms with Crippen molar-refractivity contribution in [2.45, 2.75) is 56.5 Å². The maximum atomic E-state index is 13.8. The van der Waals surface area contributed by atoms with Gasteiger partial charge in [-0.15, -0.1) is 0 Å². The van der Waals surface area contributed by atoms with E-state index in [1.54, 1.807) is 43.6 Å². The van der Waals surface area contributed by atoms with E-state index < -0.39 is 12.0 Å². The van der Waals surface area contributed by atoms with Crippen LogP contribution in [-0.4, -0.2) is 49.0 Å². The van der Waals surface area contributed by atoms with Crippen LogP contribution in [0.1, 0.15) is 72.0 Å². The van der Waals surface area contributed by atoms with E-state index in [0.717, 1.165) is 31.2 Å². The van der Waals surface area contributed by atoms with Crippen LogP contribution in [-0.2, 0) is 4.79 Å². The minimum atomic E-state index is -0.583. The number of carbonyl (C=O) groups is 2. The molecule has 0 bridgehead atoms. The monoisotopic (exact) mass is 437 g/mol. The third-order valence-corrected chi connectivity index (χ3v) is 6.68. The number of methoxy groups -OCH3 is 2. The number of nitrogens with one attached hydrogen (secondary N) is 1. The molecule has 4 rings (SSSR count). The number of rotatable bonds is 5. The summed E-state index contributed by atoms with van der Waals surface area (Å²) >= 11 is 0. The first-order valence-corrected chi connectivity index (χ1v) is 11.3. The number of fused-ring (bicyclic) bond motifs is 1. The topological polar surface area (TPSA) is 80.8 Å². The SMILES string of the molecule is COc1cc2c(cc1OC)C(C(=O)NC1CCCCCC1)C(c1cccnc1)N(C)C2=O. The lowest BCUT2D eigenvalue weighted by Crippen LogP contribution is -2.47. The van der Waals surface area contributed by atoms with E-state index >= 15 is 0 Å². The van der Waals surface area contributed by atoms with Crippen molar-refractivity contribution in [2.24, 2.45) is 0 Å². The number of hydrogen-bond donors (Lipinski definition) is 1. The van der Waals surface area contributed by atoms with Crippen molar-refractivity contribution in [1.82, 2.24) is 15.2 Å². The average molecular weight is 438 g/mol. The molecule has 2 unspecified atom stereocenters. The Bertz CT molecular complexity index is 971. The number of hydrogen-bond acceptors (Lipinski definition) is 5. The Morgan fingerprint density at radius 3 is 2.41 bits per heavy atom. The van der Waals surface area contributed by atoms with Crippen LogP contribution >= 0.6 is 0 Å². The summed E-state index contributed by atoms with van der Waals surface area (Å²) in [6.07, 6.45) is 10.1. The molecular weight excluding hydrogens is 406 g/mol. The molecule has 0 saturated heterocycles. The van der Waals surface area contributed by atoms with Gasteiger partial charge >= 0.3 is 0 Å². The Balaban J connectivity index is 1.80. The summed E-state index contributed by atoms with van der Waals surface area (Å²) in [6.45, 7) is 0. The quantitative estimate of drug-likeness (QED) is 0.719. The maximum absolute atomic E-state index is 13.8. The molecule has 2 heterocycles. The minimum absolute atomic E-state index is 0.0708. The summed E-state index contributed by atoms with van der Waals surface area (Å²) in [5, 5.41) is 3.30. The number of benzene rings is 1. The van der Waals surface area contributed by atoms with Gasteiger partial charge in [0.25, 0.3) is 5.91 Å². The van der Waals surface area contributed by atoms with Crippen LogP contribution < -0.4 is 14.8 Å². The smallest absolute Gasteiger partial charge is 0.254 e. The van der Waals surface area contributed by atoms with Crippen LogP contribution in [0.5, 0.6) is 11.5 Å². The number of nitrogens with zero attached hydrogens (tertiary/aromatic N) is 2. The van der Waals surface area contributed by atoms with Gasteiger partial charge in [0.1, 0.15) is 0 Å². The van der Waals surface area contributed by atoms with E-state index in [2.05, 4.69) is 10.3 Å². The summed E-state index contributed by atoms with van der Waals surface area (Å²) in [7, 11) is 4.84. The number of carbonyl (C=O) groups excluding carboxylic acids is 2. The number of likely N-dealkylation sites (N-methyl/N-ethyl adjacent to an activating group) is 1. The molecule has 2 aromatic rings. The van der Waals surface area contributed by atoms with Crippen molar-refractivity contribution in [3.8, 4) is 11.5 Å². The standard InChI is InChI=1S/C25H31N3O4/c1-28-23(16-9-8-12-26-15-16)22(24(29)27-17-10-6-4-5-7-11-17)18-13-20(31-2)21(32-3)14-19(18)25(28)30/h8-9,12-15,17,22-23H,4-7,10-11H2,1-3H3,(H,27,29). The van der Waals surface area contributed by atoms with Gasteiger partial charge < -0.3 is 19.7 Å². The van der Waals surface area contributed by atoms with Crippen LogP contribution in [0.2, 0.25) is 0 Å². The predicted octanol–water partition coefficient (Wildman–Crippen LogP) is 3.85. The molecular formula is C25H31N3O4. The Labute approximate surface area is 189 Å². The van der Waals surface area contributed by atoms with E-state index in [1.165, 1.54) is 20.0 Å². The zero-order valence-electron chi connectivity index (χ0n) is 19.0. The Morgan fingerprint density at radius 2 is 1.78 bits per heavy atom. The molecule has 0 spiro atoms. The van der Waals surface area contributed by atoms with Crippen LogP contribution in [0, 0.1) is 0 Å². The first-order valence-electron chi connectivity index (χ1n) is 11.3. The van der Waals surface area contributed by atoms with Crippen LogP contribution in [0.25, 0.3) is 0 Å². The molecule has 1 fully saturated rings. The van der Waals surface area contributed by atoms with E-state index in [0.29, 0.717) is 22.6 Å². The number of ether oxygens (including phenoxy) is 2. The summed E-state index contributed by atoms with van der Waals surface area (Å²) < 4.78 is 10.9. The minimum Gasteiger partial charge on any atom is -0.493 e. The highest BCUT2D eigenvalue weighted by atomic mass is 16.5. The highest BCUT2D eigenvalue weighted by Gasteiger charge is 2.44. The van der Waals surface area contributed by atoms with Crippen molar-refractivity contribution in [3.63, 3.8) is 0 Å². The Hall–Kier alpha value is -3.09. The molecule has 7 heteroatoms. The molecule has 32 heavy (non-hydrogen) atoms. The highest BCUT2D eigenvalue weighted by Crippen LogP contribution is 2.45. The number of amides is 2. The van der Waals surface area contributed by atoms with Crippen LogP contribution in [0.4, 0.5) is 0 Å². The Kier molecular flexibility index (Phi) is 6.63. The first kappa shape index (κ1) is 22.1. The number of aromatic nitrogens is 1. The van der Waals surface area contributed by atoms with Crippen molar-refractivity contribution < 1.29 is 19.1 Å². The fourth-order valence-corrected chi connectivity index (χ4v) is 5.01. The van der Waals surface area contributed by atoms with E-state index in [9.17, 15) is 9.59 Å². The molecule has 170 valence electrons.